The molecule has 1 fully saturated rings. The molecule has 0 N–H and O–H groups in total. The van der Waals surface area contributed by atoms with Crippen molar-refractivity contribution in [1.29, 1.82) is 0 Å². The fraction of sp³-hybridized carbons (Fsp3) is 0.417. The van der Waals surface area contributed by atoms with Crippen molar-refractivity contribution in [2.45, 2.75) is 44.6 Å². The highest BCUT2D eigenvalue weighted by Gasteiger charge is 2.33. The van der Waals surface area contributed by atoms with Gasteiger partial charge in [0.15, 0.2) is 5.75 Å². The average Bonchev–Trinajstić information content (AvgIpc) is 3.50. The topological polar surface area (TPSA) is 47.4 Å². The zero-order valence-electron chi connectivity index (χ0n) is 17.5. The smallest absolute Gasteiger partial charge is 0.253 e. The van der Waals surface area contributed by atoms with E-state index in [1.807, 2.05) is 6.07 Å². The summed E-state index contributed by atoms with van der Waals surface area (Å²) >= 11 is 0. The number of ether oxygens (including phenoxy) is 1. The minimum absolute atomic E-state index is 0.0111. The van der Waals surface area contributed by atoms with Crippen LogP contribution in [0.15, 0.2) is 30.3 Å². The molecule has 0 bridgehead atoms. The van der Waals surface area contributed by atoms with E-state index in [9.17, 15) is 4.79 Å². The van der Waals surface area contributed by atoms with Crippen LogP contribution in [0.25, 0.3) is 11.0 Å². The van der Waals surface area contributed by atoms with Gasteiger partial charge in [0.1, 0.15) is 17.4 Å². The van der Waals surface area contributed by atoms with Gasteiger partial charge in [0, 0.05) is 38.2 Å². The Kier molecular flexibility index (Phi) is 4.16. The van der Waals surface area contributed by atoms with Crippen LogP contribution in [0.4, 0.5) is 0 Å². The fourth-order valence-corrected chi connectivity index (χ4v) is 4.51. The molecule has 1 atom stereocenters. The molecule has 150 valence electrons. The van der Waals surface area contributed by atoms with Crippen molar-refractivity contribution < 1.29 is 9.53 Å². The van der Waals surface area contributed by atoms with Crippen molar-refractivity contribution in [3.8, 4) is 5.75 Å². The van der Waals surface area contributed by atoms with Gasteiger partial charge in [-0.15, -0.1) is 0 Å². The molecular weight excluding hydrogens is 362 g/mol. The van der Waals surface area contributed by atoms with Gasteiger partial charge in [-0.05, 0) is 49.8 Å². The van der Waals surface area contributed by atoms with Gasteiger partial charge in [-0.2, -0.15) is 0 Å². The molecule has 5 nitrogen and oxygen atoms in total. The van der Waals surface area contributed by atoms with E-state index in [-0.39, 0.29) is 12.0 Å². The fourth-order valence-electron chi connectivity index (χ4n) is 4.51. The number of hydrogen-bond acceptors (Lipinski definition) is 3. The number of amides is 1. The van der Waals surface area contributed by atoms with Gasteiger partial charge >= 0.3 is 0 Å². The first-order valence-corrected chi connectivity index (χ1v) is 10.4. The number of rotatable bonds is 3. The van der Waals surface area contributed by atoms with Crippen molar-refractivity contribution in [3.63, 3.8) is 0 Å². The molecule has 1 aromatic heterocycles. The first-order chi connectivity index (χ1) is 14.0. The van der Waals surface area contributed by atoms with Crippen LogP contribution in [0.5, 0.6) is 5.75 Å². The average molecular weight is 389 g/mol. The highest BCUT2D eigenvalue weighted by Crippen LogP contribution is 2.45. The summed E-state index contributed by atoms with van der Waals surface area (Å²) in [6.45, 7) is 2.13. The van der Waals surface area contributed by atoms with E-state index in [0.717, 1.165) is 46.6 Å². The predicted molar refractivity (Wildman–Crippen MR) is 114 cm³/mol. The van der Waals surface area contributed by atoms with Crippen LogP contribution >= 0.6 is 0 Å². The van der Waals surface area contributed by atoms with Crippen LogP contribution < -0.4 is 4.74 Å². The second kappa shape index (κ2) is 6.61. The maximum atomic E-state index is 13.0. The maximum Gasteiger partial charge on any atom is 0.253 e. The lowest BCUT2D eigenvalue weighted by Crippen LogP contribution is -2.25. The SMILES string of the molecule is Cc1ccccc1[C@@H]1CCc2c(C(=O)N(C)C)cc3c(nc(C4CC4)n3C)c2O1. The van der Waals surface area contributed by atoms with E-state index < -0.39 is 0 Å². The second-order valence-corrected chi connectivity index (χ2v) is 8.60. The summed E-state index contributed by atoms with van der Waals surface area (Å²) in [7, 11) is 5.66. The van der Waals surface area contributed by atoms with Gasteiger partial charge in [-0.3, -0.25) is 4.79 Å². The summed E-state index contributed by atoms with van der Waals surface area (Å²) in [6, 6.07) is 10.4. The Morgan fingerprint density at radius 1 is 1.21 bits per heavy atom. The third-order valence-corrected chi connectivity index (χ3v) is 6.30. The zero-order chi connectivity index (χ0) is 20.3. The van der Waals surface area contributed by atoms with E-state index in [2.05, 4.69) is 42.8 Å². The number of aryl methyl sites for hydroxylation is 2. The number of imidazole rings is 1. The minimum Gasteiger partial charge on any atom is -0.483 e. The van der Waals surface area contributed by atoms with Gasteiger partial charge in [0.2, 0.25) is 0 Å². The Hall–Kier alpha value is -2.82. The number of benzene rings is 2. The lowest BCUT2D eigenvalue weighted by molar-refractivity contribution is 0.0823. The summed E-state index contributed by atoms with van der Waals surface area (Å²) < 4.78 is 8.76. The van der Waals surface area contributed by atoms with E-state index >= 15 is 0 Å². The van der Waals surface area contributed by atoms with E-state index in [4.69, 9.17) is 9.72 Å². The lowest BCUT2D eigenvalue weighted by atomic mass is 9.91. The molecule has 1 amide bonds. The van der Waals surface area contributed by atoms with Gasteiger partial charge in [0.05, 0.1) is 5.52 Å². The van der Waals surface area contributed by atoms with Crippen molar-refractivity contribution in [1.82, 2.24) is 14.5 Å². The molecule has 3 aromatic rings. The Balaban J connectivity index is 1.69. The summed E-state index contributed by atoms with van der Waals surface area (Å²) in [4.78, 5) is 19.6. The molecule has 1 saturated carbocycles. The highest BCUT2D eigenvalue weighted by molar-refractivity contribution is 6.01. The third-order valence-electron chi connectivity index (χ3n) is 6.30. The number of nitrogens with zero attached hydrogens (tertiary/aromatic N) is 3. The molecule has 5 heteroatoms. The molecule has 0 spiro atoms. The third kappa shape index (κ3) is 2.91. The number of carbonyl (C=O) groups is 1. The normalized spacial score (nSPS) is 18.4. The Morgan fingerprint density at radius 3 is 2.66 bits per heavy atom. The maximum absolute atomic E-state index is 13.0. The summed E-state index contributed by atoms with van der Waals surface area (Å²) in [5.41, 5.74) is 6.08. The van der Waals surface area contributed by atoms with Gasteiger partial charge in [-0.1, -0.05) is 24.3 Å². The quantitative estimate of drug-likeness (QED) is 0.661. The first kappa shape index (κ1) is 18.2. The summed E-state index contributed by atoms with van der Waals surface area (Å²) in [5, 5.41) is 0. The molecule has 29 heavy (non-hydrogen) atoms. The molecule has 1 aliphatic heterocycles. The van der Waals surface area contributed by atoms with Crippen LogP contribution in [-0.4, -0.2) is 34.5 Å². The van der Waals surface area contributed by atoms with Crippen molar-refractivity contribution in [2.24, 2.45) is 7.05 Å². The van der Waals surface area contributed by atoms with E-state index in [1.165, 1.54) is 24.0 Å². The van der Waals surface area contributed by atoms with E-state index in [0.29, 0.717) is 5.92 Å². The lowest BCUT2D eigenvalue weighted by Gasteiger charge is -2.29. The van der Waals surface area contributed by atoms with Crippen molar-refractivity contribution in [2.75, 3.05) is 14.1 Å². The van der Waals surface area contributed by atoms with Crippen LogP contribution in [-0.2, 0) is 13.5 Å². The van der Waals surface area contributed by atoms with Gasteiger partial charge < -0.3 is 14.2 Å². The summed E-state index contributed by atoms with van der Waals surface area (Å²) in [6.07, 6.45) is 4.04. The Morgan fingerprint density at radius 2 is 1.97 bits per heavy atom. The molecule has 5 rings (SSSR count). The van der Waals surface area contributed by atoms with Crippen LogP contribution in [0.2, 0.25) is 0 Å². The molecule has 0 radical (unpaired) electrons. The molecular formula is C24H27N3O2. The van der Waals surface area contributed by atoms with Gasteiger partial charge in [-0.25, -0.2) is 4.98 Å². The van der Waals surface area contributed by atoms with Crippen LogP contribution in [0, 0.1) is 6.92 Å². The number of aromatic nitrogens is 2. The minimum atomic E-state index is -0.0111. The van der Waals surface area contributed by atoms with Gasteiger partial charge in [0.25, 0.3) is 5.91 Å². The van der Waals surface area contributed by atoms with E-state index in [1.54, 1.807) is 19.0 Å². The van der Waals surface area contributed by atoms with Crippen LogP contribution in [0.3, 0.4) is 0 Å². The molecule has 0 unspecified atom stereocenters. The highest BCUT2D eigenvalue weighted by atomic mass is 16.5. The monoisotopic (exact) mass is 389 g/mol. The van der Waals surface area contributed by atoms with Crippen LogP contribution in [0.1, 0.15) is 64.2 Å². The standard InChI is InChI=1S/C24H27N3O2/c1-14-7-5-6-8-16(14)20-12-11-17-18(24(28)26(2)3)13-19-21(22(17)29-20)25-23(27(19)4)15-9-10-15/h5-8,13,15,20H,9-12H2,1-4H3/t20-/m0/s1. The zero-order valence-corrected chi connectivity index (χ0v) is 17.5. The first-order valence-electron chi connectivity index (χ1n) is 10.4. The van der Waals surface area contributed by atoms with Crippen molar-refractivity contribution in [3.05, 3.63) is 58.4 Å². The summed E-state index contributed by atoms with van der Waals surface area (Å²) in [5.74, 6) is 2.47. The molecule has 2 aromatic carbocycles. The number of carbonyl (C=O) groups excluding carboxylic acids is 1. The largest absolute Gasteiger partial charge is 0.483 e. The molecule has 2 aliphatic rings. The Bertz CT molecular complexity index is 1120. The molecule has 0 saturated heterocycles. The number of hydrogen-bond donors (Lipinski definition) is 0. The molecule has 2 heterocycles. The number of fused-ring (bicyclic) bond motifs is 3. The predicted octanol–water partition coefficient (Wildman–Crippen LogP) is 4.53. The second-order valence-electron chi connectivity index (χ2n) is 8.60. The molecule has 1 aliphatic carbocycles. The Labute approximate surface area is 171 Å². The van der Waals surface area contributed by atoms with Crippen molar-refractivity contribution >= 4 is 16.9 Å².